The lowest BCUT2D eigenvalue weighted by Gasteiger charge is -2.36. The van der Waals surface area contributed by atoms with Crippen LogP contribution >= 0.6 is 24.0 Å². The summed E-state index contributed by atoms with van der Waals surface area (Å²) >= 11 is 0. The minimum atomic E-state index is -3.40. The molecule has 1 N–H and O–H groups in total. The molecule has 0 spiro atoms. The molecule has 28 heavy (non-hydrogen) atoms. The first kappa shape index (κ1) is 23.4. The molecule has 1 atom stereocenters. The summed E-state index contributed by atoms with van der Waals surface area (Å²) in [6, 6.07) is 1.58. The molecule has 2 fully saturated rings. The van der Waals surface area contributed by atoms with E-state index in [4.69, 9.17) is 14.3 Å². The summed E-state index contributed by atoms with van der Waals surface area (Å²) in [5.74, 6) is 0.718. The van der Waals surface area contributed by atoms with Crippen LogP contribution < -0.4 is 5.32 Å². The largest absolute Gasteiger partial charge is 0.381 e. The van der Waals surface area contributed by atoms with E-state index >= 15 is 0 Å². The normalized spacial score (nSPS) is 24.2. The van der Waals surface area contributed by atoms with Crippen LogP contribution in [-0.4, -0.2) is 81.2 Å². The number of ether oxygens (including phenoxy) is 1. The van der Waals surface area contributed by atoms with Crippen LogP contribution in [0, 0.1) is 5.41 Å². The molecule has 160 valence electrons. The van der Waals surface area contributed by atoms with Crippen LogP contribution in [0.3, 0.4) is 0 Å². The molecule has 0 bridgehead atoms. The quantitative estimate of drug-likeness (QED) is 0.337. The third-order valence-electron chi connectivity index (χ3n) is 5.00. The van der Waals surface area contributed by atoms with Crippen LogP contribution in [0.15, 0.2) is 21.8 Å². The van der Waals surface area contributed by atoms with Gasteiger partial charge in [-0.15, -0.1) is 24.0 Å². The molecule has 2 aliphatic heterocycles. The van der Waals surface area contributed by atoms with Gasteiger partial charge in [0.15, 0.2) is 5.96 Å². The van der Waals surface area contributed by atoms with E-state index in [9.17, 15) is 8.42 Å². The minimum absolute atomic E-state index is 0. The summed E-state index contributed by atoms with van der Waals surface area (Å²) in [6.45, 7) is 9.34. The monoisotopic (exact) mass is 527 g/mol. The predicted molar refractivity (Wildman–Crippen MR) is 117 cm³/mol. The lowest BCUT2D eigenvalue weighted by Crippen LogP contribution is -2.54. The van der Waals surface area contributed by atoms with Crippen molar-refractivity contribution < 1.29 is 17.7 Å². The molecule has 1 aromatic heterocycles. The zero-order valence-corrected chi connectivity index (χ0v) is 19.6. The van der Waals surface area contributed by atoms with Gasteiger partial charge in [-0.05, 0) is 13.3 Å². The second-order valence-corrected chi connectivity index (χ2v) is 9.39. The number of aromatic nitrogens is 1. The molecule has 0 amide bonds. The van der Waals surface area contributed by atoms with E-state index in [0.29, 0.717) is 38.4 Å². The molecule has 0 aliphatic carbocycles. The molecule has 2 aliphatic rings. The highest BCUT2D eigenvalue weighted by molar-refractivity contribution is 14.0. The van der Waals surface area contributed by atoms with Crippen LogP contribution in [-0.2, 0) is 20.5 Å². The molecule has 3 rings (SSSR count). The van der Waals surface area contributed by atoms with E-state index in [1.165, 1.54) is 10.6 Å². The van der Waals surface area contributed by atoms with Gasteiger partial charge >= 0.3 is 0 Å². The van der Waals surface area contributed by atoms with Crippen molar-refractivity contribution in [3.8, 4) is 0 Å². The van der Waals surface area contributed by atoms with E-state index in [2.05, 4.69) is 22.3 Å². The second kappa shape index (κ2) is 10.2. The van der Waals surface area contributed by atoms with E-state index in [0.717, 1.165) is 32.1 Å². The Morgan fingerprint density at radius 3 is 2.68 bits per heavy atom. The molecule has 11 heteroatoms. The molecule has 0 radical (unpaired) electrons. The molecule has 1 aromatic rings. The number of hydrogen-bond acceptors (Lipinski definition) is 6. The summed E-state index contributed by atoms with van der Waals surface area (Å²) in [7, 11) is -3.40. The molecule has 3 heterocycles. The number of nitrogens with one attached hydrogen (secondary N) is 1. The van der Waals surface area contributed by atoms with E-state index in [1.807, 2.05) is 6.92 Å². The molecular formula is C17H30IN5O4S. The Hall–Kier alpha value is -0.920. The summed E-state index contributed by atoms with van der Waals surface area (Å²) in [5.41, 5.74) is 0.517. The van der Waals surface area contributed by atoms with Gasteiger partial charge in [-0.25, -0.2) is 8.42 Å². The summed E-state index contributed by atoms with van der Waals surface area (Å²) in [4.78, 5) is 6.93. The highest BCUT2D eigenvalue weighted by Gasteiger charge is 2.31. The fourth-order valence-electron chi connectivity index (χ4n) is 3.29. The van der Waals surface area contributed by atoms with Gasteiger partial charge < -0.3 is 19.5 Å². The highest BCUT2D eigenvalue weighted by Crippen LogP contribution is 2.28. The Kier molecular flexibility index (Phi) is 8.52. The first-order valence-corrected chi connectivity index (χ1v) is 11.0. The number of piperazine rings is 1. The Morgan fingerprint density at radius 2 is 2.11 bits per heavy atom. The van der Waals surface area contributed by atoms with Crippen molar-refractivity contribution in [2.75, 3.05) is 52.5 Å². The van der Waals surface area contributed by atoms with Crippen molar-refractivity contribution in [1.82, 2.24) is 19.7 Å². The van der Waals surface area contributed by atoms with Crippen molar-refractivity contribution in [3.63, 3.8) is 0 Å². The Bertz CT molecular complexity index is 727. The topological polar surface area (TPSA) is 100 Å². The van der Waals surface area contributed by atoms with Crippen molar-refractivity contribution in [2.24, 2.45) is 10.4 Å². The summed E-state index contributed by atoms with van der Waals surface area (Å²) in [6.07, 6.45) is 2.40. The maximum absolute atomic E-state index is 12.6. The molecule has 0 saturated carbocycles. The third kappa shape index (κ3) is 6.04. The van der Waals surface area contributed by atoms with Crippen LogP contribution in [0.4, 0.5) is 0 Å². The molecule has 9 nitrogen and oxygen atoms in total. The number of halogens is 1. The zero-order chi connectivity index (χ0) is 19.3. The van der Waals surface area contributed by atoms with Crippen molar-refractivity contribution >= 4 is 40.0 Å². The first-order valence-electron chi connectivity index (χ1n) is 9.40. The number of aliphatic imine (C=N–C) groups is 1. The van der Waals surface area contributed by atoms with Crippen molar-refractivity contribution in [2.45, 2.75) is 26.0 Å². The maximum Gasteiger partial charge on any atom is 0.220 e. The van der Waals surface area contributed by atoms with Crippen molar-refractivity contribution in [3.05, 3.63) is 18.0 Å². The Morgan fingerprint density at radius 1 is 1.36 bits per heavy atom. The fourth-order valence-corrected chi connectivity index (χ4v) is 4.72. The SMILES string of the molecule is CCNC(=NCC1(C)CCOC1)N1CCN(S(=O)(=O)Cc2ccon2)CC1.I. The minimum Gasteiger partial charge on any atom is -0.381 e. The molecule has 1 unspecified atom stereocenters. The van der Waals surface area contributed by atoms with Crippen LogP contribution in [0.25, 0.3) is 0 Å². The Labute approximate surface area is 183 Å². The van der Waals surface area contributed by atoms with E-state index in [1.54, 1.807) is 6.07 Å². The van der Waals surface area contributed by atoms with Gasteiger partial charge in [0.2, 0.25) is 10.0 Å². The highest BCUT2D eigenvalue weighted by atomic mass is 127. The lowest BCUT2D eigenvalue weighted by atomic mass is 9.90. The number of sulfonamides is 1. The van der Waals surface area contributed by atoms with Crippen molar-refractivity contribution in [1.29, 1.82) is 0 Å². The summed E-state index contributed by atoms with van der Waals surface area (Å²) < 4.78 is 36.9. The van der Waals surface area contributed by atoms with Gasteiger partial charge in [0, 0.05) is 50.8 Å². The first-order chi connectivity index (χ1) is 12.9. The average Bonchev–Trinajstić information content (AvgIpc) is 3.31. The third-order valence-corrected chi connectivity index (χ3v) is 6.81. The summed E-state index contributed by atoms with van der Waals surface area (Å²) in [5, 5.41) is 7.03. The van der Waals surface area contributed by atoms with E-state index < -0.39 is 10.0 Å². The molecule has 2 saturated heterocycles. The van der Waals surface area contributed by atoms with Gasteiger partial charge in [-0.1, -0.05) is 12.1 Å². The number of nitrogens with zero attached hydrogens (tertiary/aromatic N) is 4. The fraction of sp³-hybridized carbons (Fsp3) is 0.765. The van der Waals surface area contributed by atoms with Crippen LogP contribution in [0.2, 0.25) is 0 Å². The second-order valence-electron chi connectivity index (χ2n) is 7.42. The van der Waals surface area contributed by atoms with Gasteiger partial charge in [0.1, 0.15) is 12.0 Å². The molecular weight excluding hydrogens is 497 g/mol. The average molecular weight is 527 g/mol. The van der Waals surface area contributed by atoms with Crippen LogP contribution in [0.5, 0.6) is 0 Å². The standard InChI is InChI=1S/C17H29N5O4S.HI/c1-3-18-16(19-13-17(2)5-11-25-14-17)21-6-8-22(9-7-21)27(23,24)12-15-4-10-26-20-15;/h4,10H,3,5-9,11-14H2,1-2H3,(H,18,19);1H. The number of rotatable bonds is 6. The van der Waals surface area contributed by atoms with Crippen LogP contribution in [0.1, 0.15) is 26.0 Å². The lowest BCUT2D eigenvalue weighted by molar-refractivity contribution is 0.162. The van der Waals surface area contributed by atoms with E-state index in [-0.39, 0.29) is 35.1 Å². The van der Waals surface area contributed by atoms with Gasteiger partial charge in [0.05, 0.1) is 18.8 Å². The molecule has 0 aromatic carbocycles. The van der Waals surface area contributed by atoms with Gasteiger partial charge in [-0.3, -0.25) is 4.99 Å². The Balaban J connectivity index is 0.00000280. The van der Waals surface area contributed by atoms with Gasteiger partial charge in [-0.2, -0.15) is 4.31 Å². The smallest absolute Gasteiger partial charge is 0.220 e. The number of hydrogen-bond donors (Lipinski definition) is 1. The predicted octanol–water partition coefficient (Wildman–Crippen LogP) is 1.13. The zero-order valence-electron chi connectivity index (χ0n) is 16.5. The van der Waals surface area contributed by atoms with Gasteiger partial charge in [0.25, 0.3) is 0 Å². The number of guanidine groups is 1. The maximum atomic E-state index is 12.6.